The van der Waals surface area contributed by atoms with Crippen molar-refractivity contribution >= 4 is 0 Å². The van der Waals surface area contributed by atoms with Crippen LogP contribution < -0.4 is 0 Å². The summed E-state index contributed by atoms with van der Waals surface area (Å²) in [6.45, 7) is 9.32. The van der Waals surface area contributed by atoms with Gasteiger partial charge in [-0.15, -0.1) is 0 Å². The number of nitrogens with zero attached hydrogens (tertiary/aromatic N) is 1. The zero-order valence-electron chi connectivity index (χ0n) is 15.0. The molecule has 0 saturated carbocycles. The highest BCUT2D eigenvalue weighted by Crippen LogP contribution is 2.45. The first kappa shape index (κ1) is 17.0. The second-order valence-corrected chi connectivity index (χ2v) is 7.88. The van der Waals surface area contributed by atoms with Gasteiger partial charge in [-0.2, -0.15) is 0 Å². The smallest absolute Gasteiger partial charge is 0.0660 e. The summed E-state index contributed by atoms with van der Waals surface area (Å²) in [5.74, 6) is 0. The maximum atomic E-state index is 6.17. The third-order valence-corrected chi connectivity index (χ3v) is 6.23. The molecule has 0 spiro atoms. The van der Waals surface area contributed by atoms with E-state index in [-0.39, 0.29) is 5.60 Å². The Morgan fingerprint density at radius 1 is 1.09 bits per heavy atom. The van der Waals surface area contributed by atoms with Gasteiger partial charge in [0.2, 0.25) is 0 Å². The van der Waals surface area contributed by atoms with Gasteiger partial charge in [-0.05, 0) is 70.6 Å². The molecule has 2 unspecified atom stereocenters. The Bertz CT molecular complexity index is 482. The van der Waals surface area contributed by atoms with Crippen molar-refractivity contribution in [3.05, 3.63) is 35.9 Å². The first-order chi connectivity index (χ1) is 11.2. The highest BCUT2D eigenvalue weighted by Gasteiger charge is 2.43. The molecule has 1 aromatic carbocycles. The molecule has 0 amide bonds. The summed E-state index contributed by atoms with van der Waals surface area (Å²) in [7, 11) is 0. The van der Waals surface area contributed by atoms with Gasteiger partial charge in [0.15, 0.2) is 0 Å². The molecule has 2 aliphatic heterocycles. The molecule has 0 aromatic heterocycles. The van der Waals surface area contributed by atoms with E-state index in [2.05, 4.69) is 49.1 Å². The van der Waals surface area contributed by atoms with Crippen molar-refractivity contribution in [2.75, 3.05) is 26.2 Å². The van der Waals surface area contributed by atoms with Crippen LogP contribution in [-0.2, 0) is 10.2 Å². The van der Waals surface area contributed by atoms with E-state index in [1.807, 2.05) is 0 Å². The van der Waals surface area contributed by atoms with Gasteiger partial charge < -0.3 is 9.64 Å². The summed E-state index contributed by atoms with van der Waals surface area (Å²) < 4.78 is 6.17. The van der Waals surface area contributed by atoms with Crippen LogP contribution in [0, 0.1) is 0 Å². The Kier molecular flexibility index (Phi) is 5.43. The second kappa shape index (κ2) is 7.36. The second-order valence-electron chi connectivity index (χ2n) is 7.88. The number of piperidine rings is 1. The number of likely N-dealkylation sites (tertiary alicyclic amines) is 1. The fourth-order valence-electron chi connectivity index (χ4n) is 4.53. The van der Waals surface area contributed by atoms with Gasteiger partial charge in [-0.3, -0.25) is 0 Å². The first-order valence-corrected chi connectivity index (χ1v) is 9.58. The van der Waals surface area contributed by atoms with Crippen molar-refractivity contribution in [3.63, 3.8) is 0 Å². The highest BCUT2D eigenvalue weighted by molar-refractivity contribution is 5.27. The molecule has 2 aliphatic rings. The lowest BCUT2D eigenvalue weighted by atomic mass is 9.66. The summed E-state index contributed by atoms with van der Waals surface area (Å²) in [6, 6.07) is 11.2. The summed E-state index contributed by atoms with van der Waals surface area (Å²) in [4.78, 5) is 2.69. The van der Waals surface area contributed by atoms with Crippen molar-refractivity contribution in [3.8, 4) is 0 Å². The predicted molar refractivity (Wildman–Crippen MR) is 96.9 cm³/mol. The normalized spacial score (nSPS) is 32.8. The molecule has 1 aromatic rings. The number of rotatable bonds is 5. The molecule has 2 heteroatoms. The molecule has 2 fully saturated rings. The Labute approximate surface area is 142 Å². The molecule has 0 radical (unpaired) electrons. The quantitative estimate of drug-likeness (QED) is 0.775. The average Bonchev–Trinajstić information content (AvgIpc) is 2.62. The zero-order chi connectivity index (χ0) is 16.2. The van der Waals surface area contributed by atoms with Gasteiger partial charge in [-0.1, -0.05) is 43.7 Å². The Hall–Kier alpha value is -0.860. The van der Waals surface area contributed by atoms with E-state index in [1.54, 1.807) is 0 Å². The van der Waals surface area contributed by atoms with Gasteiger partial charge in [-0.25, -0.2) is 0 Å². The summed E-state index contributed by atoms with van der Waals surface area (Å²) >= 11 is 0. The number of benzene rings is 1. The minimum Gasteiger partial charge on any atom is -0.375 e. The minimum atomic E-state index is 0.0377. The minimum absolute atomic E-state index is 0.0377. The van der Waals surface area contributed by atoms with Crippen LogP contribution in [0.1, 0.15) is 64.4 Å². The van der Waals surface area contributed by atoms with Crippen LogP contribution in [0.5, 0.6) is 0 Å². The SMILES string of the molecule is CCC1(C)CC(CCN2CCCCC2)(c2ccccc2)CCO1. The number of hydrogen-bond donors (Lipinski definition) is 0. The standard InChI is InChI=1S/C21H33NO/c1-3-20(2)18-21(13-17-23-20,19-10-6-4-7-11-19)12-16-22-14-8-5-9-15-22/h4,6-7,10-11H,3,5,8-9,12-18H2,1-2H3. The molecule has 0 bridgehead atoms. The molecule has 2 saturated heterocycles. The van der Waals surface area contributed by atoms with Crippen molar-refractivity contribution in [1.29, 1.82) is 0 Å². The van der Waals surface area contributed by atoms with Crippen LogP contribution in [0.15, 0.2) is 30.3 Å². The summed E-state index contributed by atoms with van der Waals surface area (Å²) in [5, 5.41) is 0. The van der Waals surface area contributed by atoms with E-state index in [1.165, 1.54) is 57.3 Å². The lowest BCUT2D eigenvalue weighted by molar-refractivity contribution is -0.0992. The molecule has 2 heterocycles. The maximum absolute atomic E-state index is 6.17. The van der Waals surface area contributed by atoms with Crippen molar-refractivity contribution in [2.24, 2.45) is 0 Å². The van der Waals surface area contributed by atoms with E-state index in [9.17, 15) is 0 Å². The molecule has 3 rings (SSSR count). The summed E-state index contributed by atoms with van der Waals surface area (Å²) in [5.41, 5.74) is 1.86. The van der Waals surface area contributed by atoms with Gasteiger partial charge in [0.25, 0.3) is 0 Å². The van der Waals surface area contributed by atoms with Gasteiger partial charge in [0, 0.05) is 12.0 Å². The van der Waals surface area contributed by atoms with Crippen LogP contribution in [-0.4, -0.2) is 36.7 Å². The third-order valence-electron chi connectivity index (χ3n) is 6.23. The fourth-order valence-corrected chi connectivity index (χ4v) is 4.53. The van der Waals surface area contributed by atoms with E-state index < -0.39 is 0 Å². The van der Waals surface area contributed by atoms with E-state index in [0.29, 0.717) is 5.41 Å². The number of hydrogen-bond acceptors (Lipinski definition) is 2. The topological polar surface area (TPSA) is 12.5 Å². The lowest BCUT2D eigenvalue weighted by Crippen LogP contribution is -2.47. The van der Waals surface area contributed by atoms with Crippen LogP contribution in [0.25, 0.3) is 0 Å². The van der Waals surface area contributed by atoms with Crippen LogP contribution in [0.2, 0.25) is 0 Å². The molecule has 0 aliphatic carbocycles. The first-order valence-electron chi connectivity index (χ1n) is 9.58. The highest BCUT2D eigenvalue weighted by atomic mass is 16.5. The Morgan fingerprint density at radius 3 is 2.52 bits per heavy atom. The molecule has 128 valence electrons. The molecule has 2 nitrogen and oxygen atoms in total. The van der Waals surface area contributed by atoms with Crippen molar-refractivity contribution in [2.45, 2.75) is 69.8 Å². The van der Waals surface area contributed by atoms with Gasteiger partial charge in [0.1, 0.15) is 0 Å². The maximum Gasteiger partial charge on any atom is 0.0660 e. The zero-order valence-corrected chi connectivity index (χ0v) is 15.0. The molecule has 2 atom stereocenters. The fraction of sp³-hybridized carbons (Fsp3) is 0.714. The molecule has 23 heavy (non-hydrogen) atoms. The lowest BCUT2D eigenvalue weighted by Gasteiger charge is -2.47. The predicted octanol–water partition coefficient (Wildman–Crippen LogP) is 4.78. The van der Waals surface area contributed by atoms with Gasteiger partial charge in [0.05, 0.1) is 5.60 Å². The molecular formula is C21H33NO. The van der Waals surface area contributed by atoms with Crippen molar-refractivity contribution in [1.82, 2.24) is 4.90 Å². The van der Waals surface area contributed by atoms with E-state index in [0.717, 1.165) is 19.4 Å². The van der Waals surface area contributed by atoms with Crippen LogP contribution in [0.4, 0.5) is 0 Å². The summed E-state index contributed by atoms with van der Waals surface area (Å²) in [6.07, 6.45) is 8.89. The largest absolute Gasteiger partial charge is 0.375 e. The van der Waals surface area contributed by atoms with Gasteiger partial charge >= 0.3 is 0 Å². The molecule has 0 N–H and O–H groups in total. The third kappa shape index (κ3) is 3.97. The van der Waals surface area contributed by atoms with E-state index >= 15 is 0 Å². The average molecular weight is 316 g/mol. The Balaban J connectivity index is 1.78. The number of ether oxygens (including phenoxy) is 1. The van der Waals surface area contributed by atoms with Crippen LogP contribution >= 0.6 is 0 Å². The monoisotopic (exact) mass is 315 g/mol. The van der Waals surface area contributed by atoms with Crippen molar-refractivity contribution < 1.29 is 4.74 Å². The van der Waals surface area contributed by atoms with E-state index in [4.69, 9.17) is 4.74 Å². The molecular weight excluding hydrogens is 282 g/mol. The van der Waals surface area contributed by atoms with Crippen LogP contribution in [0.3, 0.4) is 0 Å². The Morgan fingerprint density at radius 2 is 1.83 bits per heavy atom.